The van der Waals surface area contributed by atoms with Crippen LogP contribution in [0.25, 0.3) is 0 Å². The van der Waals surface area contributed by atoms with E-state index in [9.17, 15) is 19.2 Å². The molecule has 3 aliphatic heterocycles. The molecule has 0 saturated carbocycles. The summed E-state index contributed by atoms with van der Waals surface area (Å²) in [5.41, 5.74) is 0. The summed E-state index contributed by atoms with van der Waals surface area (Å²) in [7, 11) is 0. The number of nitrogens with zero attached hydrogens (tertiary/aromatic N) is 2. The molecule has 28 heavy (non-hydrogen) atoms. The molecule has 0 bridgehead atoms. The Bertz CT molecular complexity index is 798. The maximum Gasteiger partial charge on any atom is 0.287 e. The van der Waals surface area contributed by atoms with E-state index < -0.39 is 12.1 Å². The standard InChI is InChI=1S/C18H22N4O5S/c1-28-9-14(23)21-5-4-11-15(21)18(26)22-8-10(7-12(22)16(24)20-11)19-17(25)13-3-2-6-27-13/h2-3,6,10-12,15H,4-5,7-9H2,1H3,(H,19,25)(H,20,24). The largest absolute Gasteiger partial charge is 0.459 e. The summed E-state index contributed by atoms with van der Waals surface area (Å²) in [5, 5.41) is 5.76. The number of rotatable bonds is 4. The average molecular weight is 406 g/mol. The highest BCUT2D eigenvalue weighted by atomic mass is 32.2. The first-order valence-corrected chi connectivity index (χ1v) is 10.6. The van der Waals surface area contributed by atoms with Crippen LogP contribution < -0.4 is 10.6 Å². The van der Waals surface area contributed by atoms with Crippen molar-refractivity contribution in [1.29, 1.82) is 0 Å². The van der Waals surface area contributed by atoms with Gasteiger partial charge in [0.25, 0.3) is 5.91 Å². The molecule has 0 aromatic carbocycles. The number of likely N-dealkylation sites (tertiary alicyclic amines) is 1. The van der Waals surface area contributed by atoms with Crippen LogP contribution in [-0.4, -0.2) is 82.7 Å². The van der Waals surface area contributed by atoms with Gasteiger partial charge < -0.3 is 24.9 Å². The Morgan fingerprint density at radius 3 is 2.93 bits per heavy atom. The maximum atomic E-state index is 13.2. The number of hydrogen-bond acceptors (Lipinski definition) is 6. The van der Waals surface area contributed by atoms with E-state index in [0.29, 0.717) is 25.1 Å². The summed E-state index contributed by atoms with van der Waals surface area (Å²) in [5.74, 6) is -0.443. The van der Waals surface area contributed by atoms with E-state index in [-0.39, 0.29) is 48.0 Å². The second-order valence-electron chi connectivity index (χ2n) is 7.26. The Morgan fingerprint density at radius 1 is 1.39 bits per heavy atom. The molecule has 1 aromatic rings. The van der Waals surface area contributed by atoms with Crippen molar-refractivity contribution in [2.24, 2.45) is 0 Å². The lowest BCUT2D eigenvalue weighted by molar-refractivity contribution is -0.143. The van der Waals surface area contributed by atoms with E-state index in [0.717, 1.165) is 0 Å². The van der Waals surface area contributed by atoms with Crippen molar-refractivity contribution in [2.45, 2.75) is 37.0 Å². The number of nitrogens with one attached hydrogen (secondary N) is 2. The molecule has 2 N–H and O–H groups in total. The number of hydrogen-bond donors (Lipinski definition) is 2. The number of thioether (sulfide) groups is 1. The molecule has 3 aliphatic rings. The second-order valence-corrected chi connectivity index (χ2v) is 8.12. The normalized spacial score (nSPS) is 29.2. The minimum absolute atomic E-state index is 0.0945. The fraction of sp³-hybridized carbons (Fsp3) is 0.556. The van der Waals surface area contributed by atoms with Crippen molar-refractivity contribution in [3.05, 3.63) is 24.2 Å². The van der Waals surface area contributed by atoms with Gasteiger partial charge >= 0.3 is 0 Å². The van der Waals surface area contributed by atoms with Crippen LogP contribution in [-0.2, 0) is 14.4 Å². The van der Waals surface area contributed by atoms with Crippen LogP contribution in [0.15, 0.2) is 22.8 Å². The fourth-order valence-electron chi connectivity index (χ4n) is 4.28. The SMILES string of the molecule is CSCC(=O)N1CCC2NC(=O)C3CC(NC(=O)c4ccco4)CN3C(=O)C21. The topological polar surface area (TPSA) is 112 Å². The van der Waals surface area contributed by atoms with Crippen LogP contribution >= 0.6 is 11.8 Å². The van der Waals surface area contributed by atoms with E-state index in [4.69, 9.17) is 4.42 Å². The van der Waals surface area contributed by atoms with Crippen LogP contribution in [0.5, 0.6) is 0 Å². The van der Waals surface area contributed by atoms with Crippen LogP contribution in [0, 0.1) is 0 Å². The highest BCUT2D eigenvalue weighted by Crippen LogP contribution is 2.29. The molecule has 4 rings (SSSR count). The Labute approximate surface area is 166 Å². The van der Waals surface area contributed by atoms with Crippen molar-refractivity contribution >= 4 is 35.4 Å². The first-order chi connectivity index (χ1) is 13.5. The molecule has 4 amide bonds. The average Bonchev–Trinajstić information content (AvgIpc) is 3.39. The van der Waals surface area contributed by atoms with Gasteiger partial charge in [-0.25, -0.2) is 0 Å². The molecular formula is C18H22N4O5S. The summed E-state index contributed by atoms with van der Waals surface area (Å²) in [6, 6.07) is 1.15. The van der Waals surface area contributed by atoms with Gasteiger partial charge in [-0.1, -0.05) is 0 Å². The molecule has 9 nitrogen and oxygen atoms in total. The van der Waals surface area contributed by atoms with Crippen LogP contribution in [0.3, 0.4) is 0 Å². The summed E-state index contributed by atoms with van der Waals surface area (Å²) in [6.45, 7) is 0.690. The van der Waals surface area contributed by atoms with Crippen molar-refractivity contribution in [2.75, 3.05) is 25.1 Å². The molecular weight excluding hydrogens is 384 g/mol. The van der Waals surface area contributed by atoms with Crippen molar-refractivity contribution in [3.8, 4) is 0 Å². The lowest BCUT2D eigenvalue weighted by atomic mass is 10.1. The molecule has 3 fully saturated rings. The zero-order valence-electron chi connectivity index (χ0n) is 15.4. The van der Waals surface area contributed by atoms with E-state index in [1.54, 1.807) is 17.0 Å². The quantitative estimate of drug-likeness (QED) is 0.693. The lowest BCUT2D eigenvalue weighted by Gasteiger charge is -2.29. The van der Waals surface area contributed by atoms with Gasteiger partial charge in [-0.3, -0.25) is 19.2 Å². The predicted octanol–water partition coefficient (Wildman–Crippen LogP) is -0.559. The highest BCUT2D eigenvalue weighted by Gasteiger charge is 2.52. The van der Waals surface area contributed by atoms with Crippen LogP contribution in [0.4, 0.5) is 0 Å². The third-order valence-electron chi connectivity index (χ3n) is 5.53. The number of furan rings is 1. The fourth-order valence-corrected chi connectivity index (χ4v) is 4.69. The van der Waals surface area contributed by atoms with E-state index in [1.165, 1.54) is 22.9 Å². The number of amides is 4. The first-order valence-electron chi connectivity index (χ1n) is 9.23. The summed E-state index contributed by atoms with van der Waals surface area (Å²) < 4.78 is 5.09. The maximum absolute atomic E-state index is 13.2. The molecule has 0 radical (unpaired) electrons. The Balaban J connectivity index is 1.50. The summed E-state index contributed by atoms with van der Waals surface area (Å²) in [4.78, 5) is 53.7. The Morgan fingerprint density at radius 2 is 2.21 bits per heavy atom. The number of carbonyl (C=O) groups is 4. The van der Waals surface area contributed by atoms with E-state index in [2.05, 4.69) is 10.6 Å². The first kappa shape index (κ1) is 18.9. The summed E-state index contributed by atoms with van der Waals surface area (Å²) in [6.07, 6.45) is 4.16. The van der Waals surface area contributed by atoms with Gasteiger partial charge in [-0.15, -0.1) is 0 Å². The van der Waals surface area contributed by atoms with Gasteiger partial charge in [0, 0.05) is 19.1 Å². The van der Waals surface area contributed by atoms with Gasteiger partial charge in [-0.2, -0.15) is 11.8 Å². The Hall–Kier alpha value is -2.49. The zero-order chi connectivity index (χ0) is 19.8. The molecule has 0 aliphatic carbocycles. The van der Waals surface area contributed by atoms with E-state index >= 15 is 0 Å². The molecule has 10 heteroatoms. The highest BCUT2D eigenvalue weighted by molar-refractivity contribution is 7.99. The molecule has 0 spiro atoms. The molecule has 4 unspecified atom stereocenters. The lowest BCUT2D eigenvalue weighted by Crippen LogP contribution is -2.53. The van der Waals surface area contributed by atoms with Gasteiger partial charge in [0.15, 0.2) is 5.76 Å². The monoisotopic (exact) mass is 406 g/mol. The smallest absolute Gasteiger partial charge is 0.287 e. The van der Waals surface area contributed by atoms with Gasteiger partial charge in [0.1, 0.15) is 12.1 Å². The zero-order valence-corrected chi connectivity index (χ0v) is 16.2. The summed E-state index contributed by atoms with van der Waals surface area (Å²) >= 11 is 1.41. The van der Waals surface area contributed by atoms with Crippen molar-refractivity contribution < 1.29 is 23.6 Å². The van der Waals surface area contributed by atoms with Crippen molar-refractivity contribution in [3.63, 3.8) is 0 Å². The van der Waals surface area contributed by atoms with Gasteiger partial charge in [0.05, 0.1) is 18.1 Å². The predicted molar refractivity (Wildman–Crippen MR) is 101 cm³/mol. The number of fused-ring (bicyclic) bond motifs is 2. The number of carbonyl (C=O) groups excluding carboxylic acids is 4. The van der Waals surface area contributed by atoms with Crippen molar-refractivity contribution in [1.82, 2.24) is 20.4 Å². The van der Waals surface area contributed by atoms with Crippen LogP contribution in [0.1, 0.15) is 23.4 Å². The van der Waals surface area contributed by atoms with E-state index in [1.807, 2.05) is 6.26 Å². The minimum Gasteiger partial charge on any atom is -0.459 e. The van der Waals surface area contributed by atoms with Gasteiger partial charge in [-0.05, 0) is 31.2 Å². The van der Waals surface area contributed by atoms with Gasteiger partial charge in [0.2, 0.25) is 17.7 Å². The minimum atomic E-state index is -0.673. The third-order valence-corrected chi connectivity index (χ3v) is 6.07. The second kappa shape index (κ2) is 7.50. The van der Waals surface area contributed by atoms with Crippen LogP contribution in [0.2, 0.25) is 0 Å². The molecule has 3 saturated heterocycles. The third kappa shape index (κ3) is 3.25. The molecule has 4 atom stereocenters. The molecule has 1 aromatic heterocycles. The molecule has 150 valence electrons. The molecule has 4 heterocycles. The Kier molecular flexibility index (Phi) is 5.05.